The lowest BCUT2D eigenvalue weighted by molar-refractivity contribution is -0.150. The molecule has 11 nitrogen and oxygen atoms in total. The lowest BCUT2D eigenvalue weighted by atomic mass is 9.82. The van der Waals surface area contributed by atoms with Crippen molar-refractivity contribution in [1.82, 2.24) is 4.90 Å². The topological polar surface area (TPSA) is 126 Å². The second kappa shape index (κ2) is 13.2. The zero-order valence-electron chi connectivity index (χ0n) is 27.9. The van der Waals surface area contributed by atoms with Gasteiger partial charge in [-0.15, -0.1) is 0 Å². The van der Waals surface area contributed by atoms with Crippen molar-refractivity contribution in [3.63, 3.8) is 0 Å². The summed E-state index contributed by atoms with van der Waals surface area (Å²) in [5, 5.41) is 9.87. The average molecular weight is 682 g/mol. The number of anilines is 3. The highest BCUT2D eigenvalue weighted by molar-refractivity contribution is 6.72. The van der Waals surface area contributed by atoms with Crippen molar-refractivity contribution >= 4 is 49.2 Å². The molecule has 4 aliphatic heterocycles. The van der Waals surface area contributed by atoms with Crippen LogP contribution in [0.1, 0.15) is 51.0 Å². The number of rotatable bonds is 10. The molecule has 0 saturated carbocycles. The molecule has 2 aromatic carbocycles. The number of carbonyl (C=O) groups excluding carboxylic acids is 4. The third-order valence-corrected chi connectivity index (χ3v) is 12.9. The van der Waals surface area contributed by atoms with Gasteiger partial charge < -0.3 is 33.2 Å². The van der Waals surface area contributed by atoms with Crippen LogP contribution < -0.4 is 14.5 Å². The van der Waals surface area contributed by atoms with Crippen LogP contribution in [0.25, 0.3) is 0 Å². The highest BCUT2D eigenvalue weighted by atomic mass is 28.4. The number of nitrogens with zero attached hydrogens (tertiary/aromatic N) is 3. The van der Waals surface area contributed by atoms with E-state index in [1.807, 2.05) is 19.1 Å². The van der Waals surface area contributed by atoms with E-state index in [1.54, 1.807) is 58.1 Å². The Bertz CT molecular complexity index is 1600. The van der Waals surface area contributed by atoms with Gasteiger partial charge in [0, 0.05) is 42.2 Å². The van der Waals surface area contributed by atoms with Crippen LogP contribution in [0.3, 0.4) is 0 Å². The molecule has 2 saturated heterocycles. The number of methoxy groups -OCH3 is 1. The fourth-order valence-electron chi connectivity index (χ4n) is 8.27. The largest absolute Gasteiger partial charge is 0.482 e. The molecular formula is C35H44FN3O8Si. The summed E-state index contributed by atoms with van der Waals surface area (Å²) in [5.41, 5.74) is -0.102. The summed E-state index contributed by atoms with van der Waals surface area (Å²) in [4.78, 5) is 58.3. The number of aliphatic hydroxyl groups is 1. The van der Waals surface area contributed by atoms with Crippen LogP contribution in [0, 0.1) is 5.92 Å². The summed E-state index contributed by atoms with van der Waals surface area (Å²) in [6.07, 6.45) is 1.71. The number of para-hydroxylation sites is 2. The second-order valence-electron chi connectivity index (χ2n) is 13.7. The Balaban J connectivity index is 1.41. The van der Waals surface area contributed by atoms with Gasteiger partial charge in [0.15, 0.2) is 12.2 Å². The Morgan fingerprint density at radius 1 is 1.12 bits per heavy atom. The van der Waals surface area contributed by atoms with E-state index in [0.29, 0.717) is 54.2 Å². The third-order valence-electron chi connectivity index (χ3n) is 10.4. The van der Waals surface area contributed by atoms with Crippen molar-refractivity contribution in [1.29, 1.82) is 0 Å². The van der Waals surface area contributed by atoms with E-state index in [1.165, 1.54) is 7.11 Å². The molecule has 13 heteroatoms. The number of likely N-dealkylation sites (tertiary alicyclic amines) is 1. The first-order chi connectivity index (χ1) is 22.9. The molecule has 4 aliphatic rings. The van der Waals surface area contributed by atoms with Crippen LogP contribution in [0.5, 0.6) is 5.75 Å². The SMILES string of the molecule is COC(=O)CCCCN1C(=O)[C@@]2(O[C@@H](CC(=O)N3CCC[C@H]3CO)[C@H]([Si](C)(C)F)[C@H]2C)c2cc(N3C(=O)COc4ccccc43)ccc21. The normalized spacial score (nSPS) is 26.6. The molecule has 6 rings (SSSR count). The number of fused-ring (bicyclic) bond motifs is 3. The Labute approximate surface area is 281 Å². The Kier molecular flexibility index (Phi) is 9.40. The molecule has 3 amide bonds. The molecule has 2 aromatic rings. The van der Waals surface area contributed by atoms with Gasteiger partial charge in [-0.25, -0.2) is 0 Å². The second-order valence-corrected chi connectivity index (χ2v) is 17.5. The summed E-state index contributed by atoms with van der Waals surface area (Å²) in [7, 11) is -2.21. The van der Waals surface area contributed by atoms with Crippen LogP contribution >= 0.6 is 0 Å². The molecule has 4 heterocycles. The minimum Gasteiger partial charge on any atom is -0.482 e. The maximum Gasteiger partial charge on any atom is 0.305 e. The van der Waals surface area contributed by atoms with E-state index >= 15 is 4.11 Å². The molecule has 0 aliphatic carbocycles. The molecule has 1 N–H and O–H groups in total. The number of hydrogen-bond donors (Lipinski definition) is 1. The van der Waals surface area contributed by atoms with Crippen molar-refractivity contribution in [2.75, 3.05) is 43.2 Å². The predicted molar refractivity (Wildman–Crippen MR) is 178 cm³/mol. The number of ether oxygens (including phenoxy) is 3. The average Bonchev–Trinajstić information content (AvgIpc) is 3.72. The predicted octanol–water partition coefficient (Wildman–Crippen LogP) is 4.58. The monoisotopic (exact) mass is 681 g/mol. The lowest BCUT2D eigenvalue weighted by Gasteiger charge is -2.32. The van der Waals surface area contributed by atoms with Crippen LogP contribution in [0.4, 0.5) is 21.2 Å². The Morgan fingerprint density at radius 2 is 1.90 bits per heavy atom. The van der Waals surface area contributed by atoms with E-state index in [4.69, 9.17) is 14.2 Å². The quantitative estimate of drug-likeness (QED) is 0.167. The molecule has 0 unspecified atom stereocenters. The summed E-state index contributed by atoms with van der Waals surface area (Å²) in [5.74, 6) is -1.27. The van der Waals surface area contributed by atoms with E-state index in [0.717, 1.165) is 6.42 Å². The number of carbonyl (C=O) groups is 4. The standard InChI is InChI=1S/C35H44FN3O8Si/c1-22-33(48(3,4)36)29(19-30(41)37-17-9-10-24(37)20-40)47-35(22)25-18-23(39-27-11-5-6-12-28(27)46-21-31(39)42)14-15-26(25)38(34(35)44)16-8-7-13-32(43)45-2/h5-6,11-12,14-15,18,22,24,29,33,40H,7-10,13,16-17,19-21H2,1-4H3/t22-,24+,29+,33-,35+/m1/s1. The zero-order valence-corrected chi connectivity index (χ0v) is 28.9. The van der Waals surface area contributed by atoms with E-state index in [-0.39, 0.29) is 62.3 Å². The van der Waals surface area contributed by atoms with Crippen LogP contribution in [-0.4, -0.2) is 87.7 Å². The van der Waals surface area contributed by atoms with E-state index in [2.05, 4.69) is 0 Å². The van der Waals surface area contributed by atoms with Crippen molar-refractivity contribution < 1.29 is 42.6 Å². The molecule has 2 fully saturated rings. The van der Waals surface area contributed by atoms with Gasteiger partial charge in [-0.3, -0.25) is 24.1 Å². The Hall–Kier alpha value is -3.81. The first-order valence-electron chi connectivity index (χ1n) is 16.8. The minimum atomic E-state index is -3.55. The van der Waals surface area contributed by atoms with Crippen LogP contribution in [0.15, 0.2) is 42.5 Å². The number of amides is 3. The summed E-state index contributed by atoms with van der Waals surface area (Å²) in [6, 6.07) is 12.3. The number of unbranched alkanes of at least 4 members (excludes halogenated alkanes) is 1. The molecule has 0 radical (unpaired) electrons. The maximum atomic E-state index is 16.4. The fourth-order valence-corrected chi connectivity index (χ4v) is 10.8. The highest BCUT2D eigenvalue weighted by Gasteiger charge is 2.67. The molecular weight excluding hydrogens is 637 g/mol. The first kappa shape index (κ1) is 34.1. The molecule has 48 heavy (non-hydrogen) atoms. The maximum absolute atomic E-state index is 16.4. The van der Waals surface area contributed by atoms with Crippen LogP contribution in [0.2, 0.25) is 18.6 Å². The fraction of sp³-hybridized carbons (Fsp3) is 0.543. The molecule has 1 spiro atoms. The van der Waals surface area contributed by atoms with Crippen molar-refractivity contribution in [2.24, 2.45) is 5.92 Å². The number of hydrogen-bond acceptors (Lipinski definition) is 8. The smallest absolute Gasteiger partial charge is 0.305 e. The van der Waals surface area contributed by atoms with Crippen molar-refractivity contribution in [2.45, 2.75) is 81.8 Å². The van der Waals surface area contributed by atoms with E-state index in [9.17, 15) is 24.3 Å². The molecule has 5 atom stereocenters. The third kappa shape index (κ3) is 5.79. The minimum absolute atomic E-state index is 0.107. The van der Waals surface area contributed by atoms with Gasteiger partial charge >= 0.3 is 5.97 Å². The van der Waals surface area contributed by atoms with Crippen LogP contribution in [-0.2, 0) is 34.3 Å². The summed E-state index contributed by atoms with van der Waals surface area (Å²) < 4.78 is 33.7. The van der Waals surface area contributed by atoms with Gasteiger partial charge in [0.2, 0.25) is 14.3 Å². The van der Waals surface area contributed by atoms with Gasteiger partial charge in [0.05, 0.1) is 43.7 Å². The van der Waals surface area contributed by atoms with Gasteiger partial charge in [-0.05, 0) is 69.1 Å². The molecule has 0 aromatic heterocycles. The highest BCUT2D eigenvalue weighted by Crippen LogP contribution is 2.61. The number of halogens is 1. The zero-order chi connectivity index (χ0) is 34.4. The lowest BCUT2D eigenvalue weighted by Crippen LogP contribution is -2.45. The number of aliphatic hydroxyl groups excluding tert-OH is 1. The number of esters is 1. The van der Waals surface area contributed by atoms with Gasteiger partial charge in [0.1, 0.15) is 5.75 Å². The van der Waals surface area contributed by atoms with Gasteiger partial charge in [-0.1, -0.05) is 19.1 Å². The number of benzene rings is 2. The Morgan fingerprint density at radius 3 is 2.62 bits per heavy atom. The summed E-state index contributed by atoms with van der Waals surface area (Å²) >= 11 is 0. The van der Waals surface area contributed by atoms with Gasteiger partial charge in [0.25, 0.3) is 11.8 Å². The molecule has 0 bridgehead atoms. The van der Waals surface area contributed by atoms with E-state index < -0.39 is 31.6 Å². The van der Waals surface area contributed by atoms with Crippen molar-refractivity contribution in [3.8, 4) is 5.75 Å². The van der Waals surface area contributed by atoms with Crippen molar-refractivity contribution in [3.05, 3.63) is 48.0 Å². The first-order valence-corrected chi connectivity index (χ1v) is 19.7. The van der Waals surface area contributed by atoms with Gasteiger partial charge in [-0.2, -0.15) is 0 Å². The summed E-state index contributed by atoms with van der Waals surface area (Å²) in [6.45, 7) is 5.51. The molecule has 258 valence electrons.